The number of carbonyl (C=O) groups excluding carboxylic acids is 1. The highest BCUT2D eigenvalue weighted by Crippen LogP contribution is 2.42. The van der Waals surface area contributed by atoms with Crippen LogP contribution in [0.4, 0.5) is 0 Å². The number of β-lactam (4-membered cyclic amide) rings is 1. The van der Waals surface area contributed by atoms with Crippen LogP contribution in [0, 0.1) is 18.3 Å². The van der Waals surface area contributed by atoms with Crippen LogP contribution in [0.2, 0.25) is 18.1 Å². The average Bonchev–Trinajstić information content (AvgIpc) is 2.51. The summed E-state index contributed by atoms with van der Waals surface area (Å²) in [5, 5.41) is 0.108. The molecule has 1 heterocycles. The van der Waals surface area contributed by atoms with Crippen molar-refractivity contribution in [1.29, 1.82) is 0 Å². The molecule has 1 aromatic rings. The number of rotatable bonds is 5. The van der Waals surface area contributed by atoms with Gasteiger partial charge in [0.1, 0.15) is 6.04 Å². The molecule has 4 heteroatoms. The fraction of sp³-hybridized carbons (Fsp3) is 0.571. The van der Waals surface area contributed by atoms with Crippen LogP contribution in [-0.2, 0) is 9.22 Å². The van der Waals surface area contributed by atoms with E-state index in [2.05, 4.69) is 39.8 Å². The van der Waals surface area contributed by atoms with E-state index in [4.69, 9.17) is 10.8 Å². The zero-order chi connectivity index (χ0) is 19.0. The molecule has 25 heavy (non-hydrogen) atoms. The summed E-state index contributed by atoms with van der Waals surface area (Å²) in [5.74, 6) is 2.69. The van der Waals surface area contributed by atoms with E-state index in [1.54, 1.807) is 0 Å². The lowest BCUT2D eigenvalue weighted by Gasteiger charge is -2.51. The van der Waals surface area contributed by atoms with E-state index in [9.17, 15) is 4.79 Å². The lowest BCUT2D eigenvalue weighted by atomic mass is 9.81. The molecule has 4 atom stereocenters. The van der Waals surface area contributed by atoms with Crippen molar-refractivity contribution in [1.82, 2.24) is 4.90 Å². The highest BCUT2D eigenvalue weighted by molar-refractivity contribution is 6.74. The van der Waals surface area contributed by atoms with Crippen molar-refractivity contribution in [3.05, 3.63) is 35.9 Å². The SMILES string of the molecule is C#C[C@@H]1[C@@H]([C@@H](C)O[Si](C)(C)C(C)(C)C)C(=O)N1[C@@H](C)c1ccccc1. The van der Waals surface area contributed by atoms with Gasteiger partial charge in [-0.05, 0) is 37.5 Å². The van der Waals surface area contributed by atoms with Crippen molar-refractivity contribution in [2.24, 2.45) is 5.92 Å². The first-order valence-electron chi connectivity index (χ1n) is 9.02. The third-order valence-corrected chi connectivity index (χ3v) is 10.4. The van der Waals surface area contributed by atoms with Gasteiger partial charge in [0.05, 0.1) is 18.1 Å². The first-order valence-corrected chi connectivity index (χ1v) is 11.9. The van der Waals surface area contributed by atoms with Crippen LogP contribution in [-0.4, -0.2) is 31.3 Å². The molecule has 1 aromatic carbocycles. The molecule has 1 aliphatic heterocycles. The maximum Gasteiger partial charge on any atom is 0.232 e. The Bertz CT molecular complexity index is 657. The first kappa shape index (κ1) is 19.7. The van der Waals surface area contributed by atoms with Crippen LogP contribution in [0.15, 0.2) is 30.3 Å². The fourth-order valence-corrected chi connectivity index (χ4v) is 4.64. The molecule has 0 unspecified atom stereocenters. The zero-order valence-corrected chi connectivity index (χ0v) is 17.5. The summed E-state index contributed by atoms with van der Waals surface area (Å²) >= 11 is 0. The number of benzene rings is 1. The van der Waals surface area contributed by atoms with E-state index in [0.717, 1.165) is 5.56 Å². The molecular weight excluding hydrogens is 326 g/mol. The lowest BCUT2D eigenvalue weighted by Crippen LogP contribution is -2.65. The first-order chi connectivity index (χ1) is 11.5. The monoisotopic (exact) mass is 357 g/mol. The molecule has 0 spiro atoms. The summed E-state index contributed by atoms with van der Waals surface area (Å²) in [6, 6.07) is 9.80. The number of amides is 1. The van der Waals surface area contributed by atoms with Crippen molar-refractivity contribution in [2.75, 3.05) is 0 Å². The largest absolute Gasteiger partial charge is 0.413 e. The molecular formula is C21H31NO2Si. The number of nitrogens with zero attached hydrogens (tertiary/aromatic N) is 1. The van der Waals surface area contributed by atoms with Gasteiger partial charge in [-0.15, -0.1) is 6.42 Å². The Morgan fingerprint density at radius 1 is 1.20 bits per heavy atom. The summed E-state index contributed by atoms with van der Waals surface area (Å²) in [6.07, 6.45) is 5.63. The van der Waals surface area contributed by atoms with E-state index >= 15 is 0 Å². The minimum atomic E-state index is -1.94. The summed E-state index contributed by atoms with van der Waals surface area (Å²) < 4.78 is 6.44. The van der Waals surface area contributed by atoms with Gasteiger partial charge in [0, 0.05) is 0 Å². The van der Waals surface area contributed by atoms with Crippen molar-refractivity contribution in [3.8, 4) is 12.3 Å². The quantitative estimate of drug-likeness (QED) is 0.437. The molecule has 3 nitrogen and oxygen atoms in total. The van der Waals surface area contributed by atoms with Gasteiger partial charge < -0.3 is 9.33 Å². The van der Waals surface area contributed by atoms with Gasteiger partial charge in [-0.2, -0.15) is 0 Å². The second kappa shape index (κ2) is 6.97. The van der Waals surface area contributed by atoms with Gasteiger partial charge in [-0.25, -0.2) is 0 Å². The molecule has 136 valence electrons. The molecule has 0 bridgehead atoms. The molecule has 1 fully saturated rings. The Kier molecular flexibility index (Phi) is 5.51. The van der Waals surface area contributed by atoms with Crippen LogP contribution >= 0.6 is 0 Å². The van der Waals surface area contributed by atoms with E-state index < -0.39 is 8.32 Å². The molecule has 0 radical (unpaired) electrons. The number of likely N-dealkylation sites (tertiary alicyclic amines) is 1. The third-order valence-electron chi connectivity index (χ3n) is 5.84. The van der Waals surface area contributed by atoms with Crippen molar-refractivity contribution in [3.63, 3.8) is 0 Å². The minimum Gasteiger partial charge on any atom is -0.413 e. The van der Waals surface area contributed by atoms with Gasteiger partial charge in [0.15, 0.2) is 8.32 Å². The molecule has 2 rings (SSSR count). The summed E-state index contributed by atoms with van der Waals surface area (Å²) in [6.45, 7) is 15.1. The highest BCUT2D eigenvalue weighted by atomic mass is 28.4. The van der Waals surface area contributed by atoms with Gasteiger partial charge in [-0.1, -0.05) is 57.0 Å². The Morgan fingerprint density at radius 2 is 1.76 bits per heavy atom. The van der Waals surface area contributed by atoms with Crippen LogP contribution in [0.3, 0.4) is 0 Å². The number of hydrogen-bond acceptors (Lipinski definition) is 2. The van der Waals surface area contributed by atoms with Crippen LogP contribution < -0.4 is 0 Å². The Balaban J connectivity index is 2.15. The molecule has 1 aliphatic rings. The van der Waals surface area contributed by atoms with Crippen LogP contribution in [0.5, 0.6) is 0 Å². The second-order valence-electron chi connectivity index (χ2n) is 8.55. The Morgan fingerprint density at radius 3 is 2.24 bits per heavy atom. The molecule has 0 aromatic heterocycles. The lowest BCUT2D eigenvalue weighted by molar-refractivity contribution is -0.162. The second-order valence-corrected chi connectivity index (χ2v) is 13.3. The number of carbonyl (C=O) groups is 1. The van der Waals surface area contributed by atoms with Crippen molar-refractivity contribution < 1.29 is 9.22 Å². The van der Waals surface area contributed by atoms with Crippen molar-refractivity contribution in [2.45, 2.75) is 70.9 Å². The highest BCUT2D eigenvalue weighted by Gasteiger charge is 2.53. The van der Waals surface area contributed by atoms with Crippen LogP contribution in [0.25, 0.3) is 0 Å². The molecule has 0 N–H and O–H groups in total. The van der Waals surface area contributed by atoms with Gasteiger partial charge in [0.2, 0.25) is 5.91 Å². The van der Waals surface area contributed by atoms with Gasteiger partial charge in [0.25, 0.3) is 0 Å². The molecule has 0 aliphatic carbocycles. The average molecular weight is 358 g/mol. The molecule has 1 saturated heterocycles. The van der Waals surface area contributed by atoms with E-state index in [0.29, 0.717) is 0 Å². The Hall–Kier alpha value is -1.57. The fourth-order valence-electron chi connectivity index (χ4n) is 3.22. The number of terminal acetylenes is 1. The predicted octanol–water partition coefficient (Wildman–Crippen LogP) is 4.62. The van der Waals surface area contributed by atoms with E-state index in [1.807, 2.05) is 49.1 Å². The summed E-state index contributed by atoms with van der Waals surface area (Å²) in [5.41, 5.74) is 1.10. The van der Waals surface area contributed by atoms with Crippen molar-refractivity contribution >= 4 is 14.2 Å². The summed E-state index contributed by atoms with van der Waals surface area (Å²) in [7, 11) is -1.94. The zero-order valence-electron chi connectivity index (χ0n) is 16.5. The van der Waals surface area contributed by atoms with E-state index in [1.165, 1.54) is 0 Å². The van der Waals surface area contributed by atoms with Gasteiger partial charge >= 0.3 is 0 Å². The normalized spacial score (nSPS) is 23.6. The van der Waals surface area contributed by atoms with Gasteiger partial charge in [-0.3, -0.25) is 4.79 Å². The Labute approximate surface area is 153 Å². The predicted molar refractivity (Wildman–Crippen MR) is 106 cm³/mol. The standard InChI is InChI=1S/C21H31NO2Si/c1-9-18-19(16(3)24-25(7,8)21(4,5)6)20(23)22(18)15(2)17-13-11-10-12-14-17/h1,10-16,18-19H,2-8H3/t15-,16+,18+,19+/m0/s1. The molecule has 1 amide bonds. The topological polar surface area (TPSA) is 29.5 Å². The smallest absolute Gasteiger partial charge is 0.232 e. The van der Waals surface area contributed by atoms with Crippen LogP contribution in [0.1, 0.15) is 46.2 Å². The number of hydrogen-bond donors (Lipinski definition) is 0. The van der Waals surface area contributed by atoms with E-state index in [-0.39, 0.29) is 35.1 Å². The maximum absolute atomic E-state index is 12.9. The minimum absolute atomic E-state index is 0.0222. The molecule has 0 saturated carbocycles. The third kappa shape index (κ3) is 3.68. The summed E-state index contributed by atoms with van der Waals surface area (Å²) in [4.78, 5) is 14.7. The maximum atomic E-state index is 12.9.